The fourth-order valence-corrected chi connectivity index (χ4v) is 2.38. The molecule has 1 N–H and O–H groups in total. The molecule has 2 aromatic rings. The number of ether oxygens (including phenoxy) is 3. The molecule has 6 nitrogen and oxygen atoms in total. The summed E-state index contributed by atoms with van der Waals surface area (Å²) >= 11 is 0. The maximum Gasteiger partial charge on any atom is 0.407 e. The number of benzene rings is 2. The van der Waals surface area contributed by atoms with Gasteiger partial charge in [0.2, 0.25) is 0 Å². The van der Waals surface area contributed by atoms with E-state index in [1.54, 1.807) is 40.0 Å². The number of nitrogens with one attached hydrogen (secondary N) is 1. The predicted octanol–water partition coefficient (Wildman–Crippen LogP) is 4.08. The maximum atomic E-state index is 11.6. The summed E-state index contributed by atoms with van der Waals surface area (Å²) in [7, 11) is 1.60. The summed E-state index contributed by atoms with van der Waals surface area (Å²) in [6.45, 7) is 5.93. The molecule has 0 unspecified atom stereocenters. The number of hydrogen-bond donors (Lipinski definition) is 1. The predicted molar refractivity (Wildman–Crippen MR) is 104 cm³/mol. The van der Waals surface area contributed by atoms with Crippen molar-refractivity contribution in [2.75, 3.05) is 20.3 Å². The number of rotatable bonds is 7. The molecule has 0 aromatic heterocycles. The molecule has 0 bridgehead atoms. The summed E-state index contributed by atoms with van der Waals surface area (Å²) in [5.41, 5.74) is 1.71. The lowest BCUT2D eigenvalue weighted by Gasteiger charge is -2.19. The minimum absolute atomic E-state index is 0.249. The molecule has 2 aromatic carbocycles. The van der Waals surface area contributed by atoms with Crippen LogP contribution in [-0.4, -0.2) is 38.2 Å². The maximum absolute atomic E-state index is 11.6. The molecule has 0 saturated heterocycles. The van der Waals surface area contributed by atoms with Crippen molar-refractivity contribution in [1.29, 1.82) is 0 Å². The van der Waals surface area contributed by atoms with Crippen molar-refractivity contribution < 1.29 is 23.8 Å². The van der Waals surface area contributed by atoms with E-state index < -0.39 is 11.7 Å². The van der Waals surface area contributed by atoms with E-state index in [1.807, 2.05) is 30.3 Å². The molecule has 0 atom stereocenters. The Morgan fingerprint density at radius 1 is 1.07 bits per heavy atom. The highest BCUT2D eigenvalue weighted by atomic mass is 16.6. The van der Waals surface area contributed by atoms with Crippen molar-refractivity contribution in [3.63, 3.8) is 0 Å². The first-order chi connectivity index (χ1) is 12.8. The molecular formula is C21H25NO5. The van der Waals surface area contributed by atoms with Crippen molar-refractivity contribution >= 4 is 12.4 Å². The molecule has 2 rings (SSSR count). The van der Waals surface area contributed by atoms with Gasteiger partial charge in [0.1, 0.15) is 30.0 Å². The molecule has 0 aliphatic rings. The topological polar surface area (TPSA) is 73.9 Å². The van der Waals surface area contributed by atoms with Gasteiger partial charge in [0, 0.05) is 5.56 Å². The van der Waals surface area contributed by atoms with Crippen LogP contribution in [0.25, 0.3) is 11.1 Å². The fraction of sp³-hybridized carbons (Fsp3) is 0.333. The van der Waals surface area contributed by atoms with Crippen LogP contribution in [0.5, 0.6) is 11.5 Å². The molecule has 0 aliphatic carbocycles. The highest BCUT2D eigenvalue weighted by molar-refractivity contribution is 5.80. The molecule has 27 heavy (non-hydrogen) atoms. The van der Waals surface area contributed by atoms with Gasteiger partial charge in [-0.1, -0.05) is 12.1 Å². The van der Waals surface area contributed by atoms with Gasteiger partial charge in [0.25, 0.3) is 0 Å². The van der Waals surface area contributed by atoms with Crippen LogP contribution in [-0.2, 0) is 4.74 Å². The number of methoxy groups -OCH3 is 1. The van der Waals surface area contributed by atoms with Crippen molar-refractivity contribution in [3.05, 3.63) is 48.0 Å². The molecule has 0 heterocycles. The van der Waals surface area contributed by atoms with Gasteiger partial charge >= 0.3 is 6.09 Å². The highest BCUT2D eigenvalue weighted by Gasteiger charge is 2.15. The van der Waals surface area contributed by atoms with Gasteiger partial charge in [-0.2, -0.15) is 0 Å². The molecule has 0 aliphatic heterocycles. The quantitative estimate of drug-likeness (QED) is 0.586. The van der Waals surface area contributed by atoms with Crippen molar-refractivity contribution in [2.45, 2.75) is 26.4 Å². The first-order valence-electron chi connectivity index (χ1n) is 8.65. The number of carbonyl (C=O) groups is 2. The third kappa shape index (κ3) is 6.66. The van der Waals surface area contributed by atoms with E-state index in [4.69, 9.17) is 14.2 Å². The van der Waals surface area contributed by atoms with E-state index in [1.165, 1.54) is 0 Å². The van der Waals surface area contributed by atoms with Crippen LogP contribution in [0.3, 0.4) is 0 Å². The zero-order valence-corrected chi connectivity index (χ0v) is 16.1. The zero-order chi connectivity index (χ0) is 19.9. The Labute approximate surface area is 159 Å². The number of alkyl carbamates (subject to hydrolysis) is 1. The first kappa shape index (κ1) is 20.3. The zero-order valence-electron chi connectivity index (χ0n) is 16.1. The van der Waals surface area contributed by atoms with Crippen molar-refractivity contribution in [3.8, 4) is 22.6 Å². The Kier molecular flexibility index (Phi) is 6.82. The normalized spacial score (nSPS) is 10.8. The van der Waals surface area contributed by atoms with Gasteiger partial charge in [0.05, 0.1) is 13.7 Å². The SMILES string of the molecule is COc1cccc(-c2cc(C=O)cc(OCCNC(=O)OC(C)(C)C)c2)c1. The molecule has 144 valence electrons. The molecule has 0 radical (unpaired) electrons. The van der Waals surface area contributed by atoms with Crippen molar-refractivity contribution in [2.24, 2.45) is 0 Å². The highest BCUT2D eigenvalue weighted by Crippen LogP contribution is 2.28. The van der Waals surface area contributed by atoms with Crippen LogP contribution >= 0.6 is 0 Å². The van der Waals surface area contributed by atoms with Crippen LogP contribution in [0.2, 0.25) is 0 Å². The van der Waals surface area contributed by atoms with E-state index in [-0.39, 0.29) is 13.2 Å². The molecule has 0 saturated carbocycles. The Morgan fingerprint density at radius 2 is 1.81 bits per heavy atom. The van der Waals surface area contributed by atoms with E-state index in [0.29, 0.717) is 11.3 Å². The summed E-state index contributed by atoms with van der Waals surface area (Å²) in [5.74, 6) is 1.27. The van der Waals surface area contributed by atoms with E-state index >= 15 is 0 Å². The van der Waals surface area contributed by atoms with Gasteiger partial charge in [-0.25, -0.2) is 4.79 Å². The Bertz CT molecular complexity index is 795. The number of amides is 1. The average molecular weight is 371 g/mol. The summed E-state index contributed by atoms with van der Waals surface area (Å²) in [6.07, 6.45) is 0.278. The summed E-state index contributed by atoms with van der Waals surface area (Å²) < 4.78 is 16.1. The molecule has 0 spiro atoms. The lowest BCUT2D eigenvalue weighted by Crippen LogP contribution is -2.34. The molecule has 6 heteroatoms. The Balaban J connectivity index is 2.03. The first-order valence-corrected chi connectivity index (χ1v) is 8.65. The van der Waals surface area contributed by atoms with Crippen LogP contribution < -0.4 is 14.8 Å². The lowest BCUT2D eigenvalue weighted by atomic mass is 10.0. The minimum Gasteiger partial charge on any atom is -0.497 e. The van der Waals surface area contributed by atoms with Gasteiger partial charge in [-0.05, 0) is 62.2 Å². The number of aldehydes is 1. The van der Waals surface area contributed by atoms with Gasteiger partial charge in [-0.3, -0.25) is 4.79 Å². The van der Waals surface area contributed by atoms with Gasteiger partial charge < -0.3 is 19.5 Å². The molecular weight excluding hydrogens is 346 g/mol. The average Bonchev–Trinajstić information content (AvgIpc) is 2.63. The molecule has 1 amide bonds. The number of hydrogen-bond acceptors (Lipinski definition) is 5. The van der Waals surface area contributed by atoms with E-state index in [2.05, 4.69) is 5.32 Å². The van der Waals surface area contributed by atoms with E-state index in [9.17, 15) is 9.59 Å². The molecule has 0 fully saturated rings. The monoisotopic (exact) mass is 371 g/mol. The van der Waals surface area contributed by atoms with Crippen LogP contribution in [0.1, 0.15) is 31.1 Å². The number of carbonyl (C=O) groups excluding carboxylic acids is 2. The lowest BCUT2D eigenvalue weighted by molar-refractivity contribution is 0.0520. The smallest absolute Gasteiger partial charge is 0.407 e. The summed E-state index contributed by atoms with van der Waals surface area (Å²) in [4.78, 5) is 22.9. The van der Waals surface area contributed by atoms with Gasteiger partial charge in [-0.15, -0.1) is 0 Å². The van der Waals surface area contributed by atoms with Crippen LogP contribution in [0.15, 0.2) is 42.5 Å². The third-order valence-electron chi connectivity index (χ3n) is 3.51. The Morgan fingerprint density at radius 3 is 2.48 bits per heavy atom. The second-order valence-corrected chi connectivity index (χ2v) is 6.92. The largest absolute Gasteiger partial charge is 0.497 e. The van der Waals surface area contributed by atoms with Crippen LogP contribution in [0.4, 0.5) is 4.79 Å². The fourth-order valence-electron chi connectivity index (χ4n) is 2.38. The second kappa shape index (κ2) is 9.07. The Hall–Kier alpha value is -3.02. The standard InChI is InChI=1S/C21H25NO5/c1-21(2,3)27-20(24)22-8-9-26-19-11-15(14-23)10-17(13-19)16-6-5-7-18(12-16)25-4/h5-7,10-14H,8-9H2,1-4H3,(H,22,24). The van der Waals surface area contributed by atoms with E-state index in [0.717, 1.165) is 23.2 Å². The summed E-state index contributed by atoms with van der Waals surface area (Å²) in [5, 5.41) is 2.63. The second-order valence-electron chi connectivity index (χ2n) is 6.92. The minimum atomic E-state index is -0.547. The van der Waals surface area contributed by atoms with Crippen molar-refractivity contribution in [1.82, 2.24) is 5.32 Å². The third-order valence-corrected chi connectivity index (χ3v) is 3.51. The van der Waals surface area contributed by atoms with Crippen LogP contribution in [0, 0.1) is 0 Å². The van der Waals surface area contributed by atoms with Gasteiger partial charge in [0.15, 0.2) is 0 Å². The summed E-state index contributed by atoms with van der Waals surface area (Å²) in [6, 6.07) is 12.8.